The van der Waals surface area contributed by atoms with Crippen LogP contribution in [0.15, 0.2) is 20.4 Å². The van der Waals surface area contributed by atoms with E-state index in [4.69, 9.17) is 10.9 Å². The van der Waals surface area contributed by atoms with Crippen LogP contribution in [0.3, 0.4) is 0 Å². The molecule has 0 aliphatic heterocycles. The second-order valence-corrected chi connectivity index (χ2v) is 4.70. The number of hydrogen-bond donors (Lipinski definition) is 3. The minimum absolute atomic E-state index is 0.0306. The first kappa shape index (κ1) is 11.0. The van der Waals surface area contributed by atoms with Gasteiger partial charge >= 0.3 is 0 Å². The van der Waals surface area contributed by atoms with Gasteiger partial charge in [-0.1, -0.05) is 5.16 Å². The Morgan fingerprint density at radius 2 is 2.50 bits per heavy atom. The van der Waals surface area contributed by atoms with Gasteiger partial charge in [-0.25, -0.2) is 0 Å². The van der Waals surface area contributed by atoms with Crippen molar-refractivity contribution in [1.29, 1.82) is 0 Å². The Morgan fingerprint density at radius 1 is 1.79 bits per heavy atom. The van der Waals surface area contributed by atoms with E-state index in [1.54, 1.807) is 11.4 Å². The summed E-state index contributed by atoms with van der Waals surface area (Å²) in [5.41, 5.74) is 5.73. The Balaban J connectivity index is 2.51. The van der Waals surface area contributed by atoms with Crippen LogP contribution in [-0.2, 0) is 0 Å². The van der Waals surface area contributed by atoms with Gasteiger partial charge in [0.1, 0.15) is 0 Å². The van der Waals surface area contributed by atoms with Gasteiger partial charge in [-0.15, -0.1) is 11.3 Å². The molecule has 1 heterocycles. The minimum Gasteiger partial charge on any atom is -0.409 e. The van der Waals surface area contributed by atoms with E-state index in [-0.39, 0.29) is 18.3 Å². The predicted octanol–water partition coefficient (Wildman–Crippen LogP) is 0.987. The molecule has 5 nitrogen and oxygen atoms in total. The van der Waals surface area contributed by atoms with Crippen molar-refractivity contribution in [2.24, 2.45) is 10.9 Å². The molecule has 0 unspecified atom stereocenters. The number of halogens is 1. The maximum absolute atomic E-state index is 11.4. The average molecular weight is 278 g/mol. The molecule has 1 aromatic rings. The molecule has 0 saturated heterocycles. The molecule has 4 N–H and O–H groups in total. The summed E-state index contributed by atoms with van der Waals surface area (Å²) < 4.78 is 0.881. The molecule has 14 heavy (non-hydrogen) atoms. The monoisotopic (exact) mass is 277 g/mol. The van der Waals surface area contributed by atoms with Gasteiger partial charge < -0.3 is 16.3 Å². The van der Waals surface area contributed by atoms with Crippen LogP contribution in [0.25, 0.3) is 0 Å². The number of nitrogens with zero attached hydrogens (tertiary/aromatic N) is 1. The minimum atomic E-state index is -0.251. The van der Waals surface area contributed by atoms with Crippen LogP contribution in [0.2, 0.25) is 0 Å². The molecule has 1 rings (SSSR count). The molecule has 7 heteroatoms. The maximum Gasteiger partial charge on any atom is 0.252 e. The molecule has 0 bridgehead atoms. The first-order chi connectivity index (χ1) is 6.63. The number of oxime groups is 1. The Bertz CT molecular complexity index is 364. The van der Waals surface area contributed by atoms with Crippen molar-refractivity contribution in [3.8, 4) is 0 Å². The number of amidine groups is 1. The molecule has 76 valence electrons. The predicted molar refractivity (Wildman–Crippen MR) is 57.8 cm³/mol. The molecule has 0 atom stereocenters. The number of carbonyl (C=O) groups is 1. The number of amides is 1. The highest BCUT2D eigenvalue weighted by Gasteiger charge is 2.07. The standard InChI is InChI=1S/C7H8BrN3O2S/c8-5-1-4(3-14-5)7(12)10-2-6(9)11-13/h1,3,13H,2H2,(H2,9,11)(H,10,12). The van der Waals surface area contributed by atoms with Crippen molar-refractivity contribution in [2.75, 3.05) is 6.54 Å². The fraction of sp³-hybridized carbons (Fsp3) is 0.143. The van der Waals surface area contributed by atoms with E-state index in [9.17, 15) is 4.79 Å². The Labute approximate surface area is 92.7 Å². The zero-order chi connectivity index (χ0) is 10.6. The third-order valence-electron chi connectivity index (χ3n) is 1.39. The van der Waals surface area contributed by atoms with Gasteiger partial charge in [0.05, 0.1) is 15.9 Å². The summed E-state index contributed by atoms with van der Waals surface area (Å²) in [5, 5.41) is 15.2. The van der Waals surface area contributed by atoms with Crippen LogP contribution in [-0.4, -0.2) is 23.5 Å². The van der Waals surface area contributed by atoms with Crippen molar-refractivity contribution in [1.82, 2.24) is 5.32 Å². The first-order valence-corrected chi connectivity index (χ1v) is 5.29. The fourth-order valence-electron chi connectivity index (χ4n) is 0.737. The fourth-order valence-corrected chi connectivity index (χ4v) is 1.87. The van der Waals surface area contributed by atoms with Crippen LogP contribution in [0.5, 0.6) is 0 Å². The number of carbonyl (C=O) groups excluding carboxylic acids is 1. The summed E-state index contributed by atoms with van der Waals surface area (Å²) in [6.45, 7) is 0.0306. The van der Waals surface area contributed by atoms with Crippen molar-refractivity contribution in [3.05, 3.63) is 20.8 Å². The lowest BCUT2D eigenvalue weighted by Gasteiger charge is -2.00. The zero-order valence-electron chi connectivity index (χ0n) is 7.03. The van der Waals surface area contributed by atoms with Crippen molar-refractivity contribution in [3.63, 3.8) is 0 Å². The molecule has 1 aromatic heterocycles. The van der Waals surface area contributed by atoms with Crippen molar-refractivity contribution < 1.29 is 10.0 Å². The van der Waals surface area contributed by atoms with E-state index < -0.39 is 0 Å². The molecule has 0 aliphatic rings. The van der Waals surface area contributed by atoms with Crippen molar-refractivity contribution in [2.45, 2.75) is 0 Å². The second kappa shape index (κ2) is 4.97. The molecular weight excluding hydrogens is 270 g/mol. The van der Waals surface area contributed by atoms with Gasteiger partial charge in [0.2, 0.25) is 0 Å². The quantitative estimate of drug-likeness (QED) is 0.333. The van der Waals surface area contributed by atoms with E-state index >= 15 is 0 Å². The summed E-state index contributed by atoms with van der Waals surface area (Å²) in [7, 11) is 0. The third-order valence-corrected chi connectivity index (χ3v) is 2.89. The average Bonchev–Trinajstić information content (AvgIpc) is 2.60. The highest BCUT2D eigenvalue weighted by molar-refractivity contribution is 9.11. The van der Waals surface area contributed by atoms with Crippen LogP contribution in [0.1, 0.15) is 10.4 Å². The molecule has 1 amide bonds. The topological polar surface area (TPSA) is 87.7 Å². The summed E-state index contributed by atoms with van der Waals surface area (Å²) in [6, 6.07) is 1.70. The first-order valence-electron chi connectivity index (χ1n) is 3.62. The van der Waals surface area contributed by atoms with Crippen LogP contribution < -0.4 is 11.1 Å². The number of nitrogens with one attached hydrogen (secondary N) is 1. The van der Waals surface area contributed by atoms with Gasteiger partial charge in [0.15, 0.2) is 5.84 Å². The Morgan fingerprint density at radius 3 is 3.00 bits per heavy atom. The smallest absolute Gasteiger partial charge is 0.252 e. The van der Waals surface area contributed by atoms with Crippen LogP contribution in [0.4, 0.5) is 0 Å². The van der Waals surface area contributed by atoms with E-state index in [2.05, 4.69) is 26.4 Å². The van der Waals surface area contributed by atoms with Gasteiger partial charge in [0, 0.05) is 5.38 Å². The lowest BCUT2D eigenvalue weighted by atomic mass is 10.3. The van der Waals surface area contributed by atoms with E-state index in [0.29, 0.717) is 5.56 Å². The van der Waals surface area contributed by atoms with Gasteiger partial charge in [-0.05, 0) is 22.0 Å². The Kier molecular flexibility index (Phi) is 3.90. The number of hydrogen-bond acceptors (Lipinski definition) is 4. The lowest BCUT2D eigenvalue weighted by Crippen LogP contribution is -2.33. The molecular formula is C7H8BrN3O2S. The molecule has 0 fully saturated rings. The summed E-state index contributed by atoms with van der Waals surface area (Å²) in [4.78, 5) is 11.4. The van der Waals surface area contributed by atoms with Crippen LogP contribution >= 0.6 is 27.3 Å². The molecule has 0 radical (unpaired) electrons. The van der Waals surface area contributed by atoms with Gasteiger partial charge in [-0.3, -0.25) is 4.79 Å². The largest absolute Gasteiger partial charge is 0.409 e. The van der Waals surface area contributed by atoms with E-state index in [0.717, 1.165) is 3.79 Å². The normalized spacial score (nSPS) is 11.4. The SMILES string of the molecule is NC(CNC(=O)c1csc(Br)c1)=NO. The number of nitrogens with two attached hydrogens (primary N) is 1. The Hall–Kier alpha value is -1.08. The molecule has 0 saturated carbocycles. The summed E-state index contributed by atoms with van der Waals surface area (Å²) in [5.74, 6) is -0.286. The number of rotatable bonds is 3. The zero-order valence-corrected chi connectivity index (χ0v) is 9.43. The molecule has 0 aliphatic carbocycles. The third kappa shape index (κ3) is 3.00. The summed E-state index contributed by atoms with van der Waals surface area (Å²) in [6.07, 6.45) is 0. The second-order valence-electron chi connectivity index (χ2n) is 2.41. The molecule has 0 spiro atoms. The molecule has 0 aromatic carbocycles. The van der Waals surface area contributed by atoms with Gasteiger partial charge in [0.25, 0.3) is 5.91 Å². The number of thiophene rings is 1. The highest BCUT2D eigenvalue weighted by atomic mass is 79.9. The van der Waals surface area contributed by atoms with Gasteiger partial charge in [-0.2, -0.15) is 0 Å². The lowest BCUT2D eigenvalue weighted by molar-refractivity contribution is 0.0959. The highest BCUT2D eigenvalue weighted by Crippen LogP contribution is 2.20. The van der Waals surface area contributed by atoms with E-state index in [1.165, 1.54) is 11.3 Å². The van der Waals surface area contributed by atoms with Crippen molar-refractivity contribution >= 4 is 39.0 Å². The summed E-state index contributed by atoms with van der Waals surface area (Å²) >= 11 is 4.66. The van der Waals surface area contributed by atoms with E-state index in [1.807, 2.05) is 0 Å². The van der Waals surface area contributed by atoms with Crippen LogP contribution in [0, 0.1) is 0 Å². The maximum atomic E-state index is 11.4.